The summed E-state index contributed by atoms with van der Waals surface area (Å²) in [7, 11) is 0. The van der Waals surface area contributed by atoms with Crippen LogP contribution in [0.2, 0.25) is 5.15 Å². The van der Waals surface area contributed by atoms with Crippen molar-refractivity contribution in [3.63, 3.8) is 0 Å². The van der Waals surface area contributed by atoms with Gasteiger partial charge in [-0.3, -0.25) is 4.79 Å². The second-order valence-corrected chi connectivity index (χ2v) is 8.54. The van der Waals surface area contributed by atoms with Gasteiger partial charge in [-0.1, -0.05) is 25.4 Å². The van der Waals surface area contributed by atoms with E-state index in [9.17, 15) is 9.18 Å². The Hall–Kier alpha value is -1.92. The summed E-state index contributed by atoms with van der Waals surface area (Å²) in [6.45, 7) is 11.2. The Morgan fingerprint density at radius 3 is 2.50 bits per heavy atom. The summed E-state index contributed by atoms with van der Waals surface area (Å²) < 4.78 is 14.6. The number of halogens is 2. The van der Waals surface area contributed by atoms with E-state index in [-0.39, 0.29) is 22.9 Å². The van der Waals surface area contributed by atoms with Crippen molar-refractivity contribution in [2.24, 2.45) is 11.8 Å². The van der Waals surface area contributed by atoms with E-state index in [2.05, 4.69) is 29.2 Å². The molecule has 1 fully saturated rings. The number of aromatic nitrogens is 2. The van der Waals surface area contributed by atoms with Crippen LogP contribution in [-0.2, 0) is 0 Å². The van der Waals surface area contributed by atoms with Gasteiger partial charge >= 0.3 is 0 Å². The van der Waals surface area contributed by atoms with Crippen molar-refractivity contribution in [3.8, 4) is 5.69 Å². The third-order valence-electron chi connectivity index (χ3n) is 5.16. The maximum Gasteiger partial charge on any atom is 0.256 e. The zero-order valence-electron chi connectivity index (χ0n) is 16.9. The summed E-state index contributed by atoms with van der Waals surface area (Å²) in [6, 6.07) is 5.83. The topological polar surface area (TPSA) is 50.2 Å². The van der Waals surface area contributed by atoms with E-state index in [1.54, 1.807) is 19.1 Å². The number of benzene rings is 1. The van der Waals surface area contributed by atoms with Gasteiger partial charge in [0.25, 0.3) is 5.91 Å². The monoisotopic (exact) mass is 406 g/mol. The fourth-order valence-electron chi connectivity index (χ4n) is 4.18. The second-order valence-electron chi connectivity index (χ2n) is 8.18. The third-order valence-corrected chi connectivity index (χ3v) is 5.51. The smallest absolute Gasteiger partial charge is 0.256 e. The minimum atomic E-state index is -0.336. The van der Waals surface area contributed by atoms with E-state index in [1.165, 1.54) is 23.2 Å². The van der Waals surface area contributed by atoms with Crippen molar-refractivity contribution in [2.45, 2.75) is 40.2 Å². The maximum atomic E-state index is 13.2. The lowest BCUT2D eigenvalue weighted by atomic mass is 9.92. The molecule has 1 amide bonds. The van der Waals surface area contributed by atoms with Crippen molar-refractivity contribution in [1.29, 1.82) is 0 Å². The molecule has 1 N–H and O–H groups in total. The first-order chi connectivity index (χ1) is 13.2. The number of piperidine rings is 1. The summed E-state index contributed by atoms with van der Waals surface area (Å²) in [6.07, 6.45) is 1.26. The number of likely N-dealkylation sites (tertiary alicyclic amines) is 1. The summed E-state index contributed by atoms with van der Waals surface area (Å²) >= 11 is 6.45. The number of hydrogen-bond donors (Lipinski definition) is 1. The molecule has 0 radical (unpaired) electrons. The quantitative estimate of drug-likeness (QED) is 0.814. The Labute approximate surface area is 170 Å². The van der Waals surface area contributed by atoms with Crippen LogP contribution >= 0.6 is 11.6 Å². The van der Waals surface area contributed by atoms with Gasteiger partial charge in [0.05, 0.1) is 16.9 Å². The summed E-state index contributed by atoms with van der Waals surface area (Å²) in [4.78, 5) is 15.3. The SMILES string of the molecule is Cc1nn(-c2ccc(F)cc2)c(Cl)c1C(=O)N[C@H](C)CN1C[C@@H](C)C[C@H](C)C1. The Morgan fingerprint density at radius 1 is 1.29 bits per heavy atom. The van der Waals surface area contributed by atoms with Crippen LogP contribution in [0.15, 0.2) is 24.3 Å². The second kappa shape index (κ2) is 8.62. The Kier molecular flexibility index (Phi) is 6.40. The van der Waals surface area contributed by atoms with Gasteiger partial charge in [0.1, 0.15) is 11.0 Å². The summed E-state index contributed by atoms with van der Waals surface area (Å²) in [5, 5.41) is 7.65. The molecule has 3 rings (SSSR count). The lowest BCUT2D eigenvalue weighted by molar-refractivity contribution is 0.0904. The first-order valence-electron chi connectivity index (χ1n) is 9.78. The van der Waals surface area contributed by atoms with Gasteiger partial charge in [0.15, 0.2) is 0 Å². The summed E-state index contributed by atoms with van der Waals surface area (Å²) in [5.41, 5.74) is 1.51. The van der Waals surface area contributed by atoms with Crippen LogP contribution in [0.4, 0.5) is 4.39 Å². The Balaban J connectivity index is 1.69. The van der Waals surface area contributed by atoms with Crippen LogP contribution in [0.1, 0.15) is 43.2 Å². The molecule has 0 unspecified atom stereocenters. The molecule has 152 valence electrons. The molecule has 1 saturated heterocycles. The lowest BCUT2D eigenvalue weighted by Gasteiger charge is -2.36. The predicted octanol–water partition coefficient (Wildman–Crippen LogP) is 4.07. The molecule has 1 aliphatic rings. The molecule has 0 aliphatic carbocycles. The Morgan fingerprint density at radius 2 is 1.89 bits per heavy atom. The van der Waals surface area contributed by atoms with Crippen molar-refractivity contribution in [3.05, 3.63) is 46.5 Å². The summed E-state index contributed by atoms with van der Waals surface area (Å²) in [5.74, 6) is 0.785. The molecule has 1 aliphatic heterocycles. The fraction of sp³-hybridized carbons (Fsp3) is 0.524. The van der Waals surface area contributed by atoms with E-state index >= 15 is 0 Å². The highest BCUT2D eigenvalue weighted by Crippen LogP contribution is 2.24. The van der Waals surface area contributed by atoms with Gasteiger partial charge in [0.2, 0.25) is 0 Å². The van der Waals surface area contributed by atoms with E-state index in [4.69, 9.17) is 11.6 Å². The van der Waals surface area contributed by atoms with Gasteiger partial charge in [-0.15, -0.1) is 0 Å². The number of amides is 1. The molecule has 0 saturated carbocycles. The van der Waals surface area contributed by atoms with Gasteiger partial charge in [-0.05, 0) is 56.4 Å². The number of nitrogens with one attached hydrogen (secondary N) is 1. The molecule has 5 nitrogen and oxygen atoms in total. The first kappa shape index (κ1) is 20.8. The van der Waals surface area contributed by atoms with Crippen LogP contribution < -0.4 is 5.32 Å². The molecule has 2 aromatic rings. The average Bonchev–Trinajstić information content (AvgIpc) is 2.89. The number of carbonyl (C=O) groups is 1. The number of rotatable bonds is 5. The zero-order valence-corrected chi connectivity index (χ0v) is 17.6. The number of nitrogens with zero attached hydrogens (tertiary/aromatic N) is 3. The van der Waals surface area contributed by atoms with Gasteiger partial charge in [0, 0.05) is 25.7 Å². The molecule has 0 spiro atoms. The molecule has 0 bridgehead atoms. The van der Waals surface area contributed by atoms with Crippen molar-refractivity contribution in [2.75, 3.05) is 19.6 Å². The minimum Gasteiger partial charge on any atom is -0.348 e. The van der Waals surface area contributed by atoms with Gasteiger partial charge < -0.3 is 10.2 Å². The average molecular weight is 407 g/mol. The van der Waals surface area contributed by atoms with Crippen molar-refractivity contribution < 1.29 is 9.18 Å². The van der Waals surface area contributed by atoms with E-state index in [1.807, 2.05) is 6.92 Å². The van der Waals surface area contributed by atoms with E-state index in [0.717, 1.165) is 19.6 Å². The standard InChI is InChI=1S/C21H28ClFN4O/c1-13-9-14(2)11-26(10-13)12-15(3)24-21(28)19-16(4)25-27(20(19)22)18-7-5-17(23)6-8-18/h5-8,13-15H,9-12H2,1-4H3,(H,24,28)/t13-,14-,15+/m0/s1. The largest absolute Gasteiger partial charge is 0.348 e. The normalized spacial score (nSPS) is 21.5. The van der Waals surface area contributed by atoms with Crippen LogP contribution in [0.25, 0.3) is 5.69 Å². The minimum absolute atomic E-state index is 0.00496. The van der Waals surface area contributed by atoms with Crippen molar-refractivity contribution >= 4 is 17.5 Å². The Bertz CT molecular complexity index is 826. The highest BCUT2D eigenvalue weighted by molar-refractivity contribution is 6.33. The molecular weight excluding hydrogens is 379 g/mol. The van der Waals surface area contributed by atoms with Crippen LogP contribution in [-0.4, -0.2) is 46.3 Å². The number of aryl methyl sites for hydroxylation is 1. The third kappa shape index (κ3) is 4.73. The highest BCUT2D eigenvalue weighted by atomic mass is 35.5. The van der Waals surface area contributed by atoms with Gasteiger partial charge in [-0.2, -0.15) is 5.10 Å². The highest BCUT2D eigenvalue weighted by Gasteiger charge is 2.25. The van der Waals surface area contributed by atoms with Crippen LogP contribution in [0.5, 0.6) is 0 Å². The molecule has 1 aromatic carbocycles. The molecular formula is C21H28ClFN4O. The van der Waals surface area contributed by atoms with Crippen molar-refractivity contribution in [1.82, 2.24) is 20.0 Å². The molecule has 3 atom stereocenters. The predicted molar refractivity (Wildman–Crippen MR) is 110 cm³/mol. The first-order valence-corrected chi connectivity index (χ1v) is 10.2. The zero-order chi connectivity index (χ0) is 20.4. The molecule has 7 heteroatoms. The number of carbonyl (C=O) groups excluding carboxylic acids is 1. The number of hydrogen-bond acceptors (Lipinski definition) is 3. The van der Waals surface area contributed by atoms with Gasteiger partial charge in [-0.25, -0.2) is 9.07 Å². The van der Waals surface area contributed by atoms with E-state index in [0.29, 0.717) is 28.8 Å². The van der Waals surface area contributed by atoms with Crippen LogP contribution in [0.3, 0.4) is 0 Å². The maximum absolute atomic E-state index is 13.2. The van der Waals surface area contributed by atoms with E-state index < -0.39 is 0 Å². The van der Waals surface area contributed by atoms with Crippen LogP contribution in [0, 0.1) is 24.6 Å². The molecule has 28 heavy (non-hydrogen) atoms. The lowest BCUT2D eigenvalue weighted by Crippen LogP contribution is -2.47. The molecule has 1 aromatic heterocycles. The molecule has 2 heterocycles. The fourth-order valence-corrected chi connectivity index (χ4v) is 4.54.